The molecule has 6 rings (SSSR count). The summed E-state index contributed by atoms with van der Waals surface area (Å²) in [6.45, 7) is 6.03. The lowest BCUT2D eigenvalue weighted by molar-refractivity contribution is -0.144. The Kier molecular flexibility index (Phi) is 7.60. The number of piperidine rings is 1. The number of rotatable bonds is 7. The quantitative estimate of drug-likeness (QED) is 0.476. The number of nitrogens with one attached hydrogen (secondary N) is 2. The van der Waals surface area contributed by atoms with Crippen LogP contribution in [0.25, 0.3) is 5.65 Å². The van der Waals surface area contributed by atoms with Crippen LogP contribution in [-0.2, 0) is 14.3 Å². The van der Waals surface area contributed by atoms with Gasteiger partial charge in [-0.3, -0.25) is 4.79 Å². The summed E-state index contributed by atoms with van der Waals surface area (Å²) < 4.78 is 26.0. The zero-order chi connectivity index (χ0) is 28.0. The van der Waals surface area contributed by atoms with E-state index in [-0.39, 0.29) is 49.3 Å². The molecule has 2 amide bonds. The van der Waals surface area contributed by atoms with E-state index in [9.17, 15) is 14.0 Å². The lowest BCUT2D eigenvalue weighted by Gasteiger charge is -2.42. The Morgan fingerprint density at radius 1 is 1.07 bits per heavy atom. The smallest absolute Gasteiger partial charge is 0.410 e. The minimum absolute atomic E-state index is 0.0423. The molecular formula is C26H36ClFN8O4. The summed E-state index contributed by atoms with van der Waals surface area (Å²) in [6.07, 6.45) is 6.17. The van der Waals surface area contributed by atoms with Crippen LogP contribution in [0.15, 0.2) is 6.20 Å². The number of aromatic nitrogens is 4. The molecule has 3 unspecified atom stereocenters. The highest BCUT2D eigenvalue weighted by molar-refractivity contribution is 6.29. The lowest BCUT2D eigenvalue weighted by Crippen LogP contribution is -2.59. The molecule has 4 aliphatic rings. The standard InChI is InChI=1S/C26H36ClFN8O4/c1-14(2)20-11-29-36-22(20)32-24(30-15-5-7-39-8-6-15)33-25(36)31-16-9-17-3-4-18(10-16)35(17)26(38)40-19-12-34(13-19)23(37)21(27)28/h11,14-19,21H,3-10,12-13H2,1-2H3,(H2,30,31,32,33). The van der Waals surface area contributed by atoms with Crippen LogP contribution < -0.4 is 10.6 Å². The first-order valence-electron chi connectivity index (χ1n) is 14.2. The number of amides is 2. The highest BCUT2D eigenvalue weighted by atomic mass is 35.5. The van der Waals surface area contributed by atoms with Gasteiger partial charge < -0.3 is 29.9 Å². The fraction of sp³-hybridized carbons (Fsp3) is 0.731. The molecule has 0 spiro atoms. The molecule has 3 atom stereocenters. The van der Waals surface area contributed by atoms with E-state index in [4.69, 9.17) is 31.0 Å². The van der Waals surface area contributed by atoms with Gasteiger partial charge in [-0.2, -0.15) is 19.6 Å². The number of ether oxygens (including phenoxy) is 2. The van der Waals surface area contributed by atoms with Crippen LogP contribution in [0.2, 0.25) is 0 Å². The van der Waals surface area contributed by atoms with Crippen LogP contribution in [0.5, 0.6) is 0 Å². The van der Waals surface area contributed by atoms with Crippen LogP contribution in [0.1, 0.15) is 63.9 Å². The highest BCUT2D eigenvalue weighted by Gasteiger charge is 2.46. The van der Waals surface area contributed by atoms with Crippen LogP contribution in [0.4, 0.5) is 21.1 Å². The fourth-order valence-corrected chi connectivity index (χ4v) is 6.43. The van der Waals surface area contributed by atoms with Crippen LogP contribution >= 0.6 is 11.6 Å². The van der Waals surface area contributed by atoms with Crippen molar-refractivity contribution in [1.82, 2.24) is 29.4 Å². The average molecular weight is 579 g/mol. The Hall–Kier alpha value is -2.93. The number of hydrogen-bond donors (Lipinski definition) is 2. The molecule has 0 aromatic carbocycles. The normalized spacial score (nSPS) is 26.2. The first-order chi connectivity index (χ1) is 19.3. The molecule has 2 bridgehead atoms. The number of nitrogens with zero attached hydrogens (tertiary/aromatic N) is 6. The van der Waals surface area contributed by atoms with Gasteiger partial charge in [-0.15, -0.1) is 0 Å². The summed E-state index contributed by atoms with van der Waals surface area (Å²) >= 11 is 5.23. The van der Waals surface area contributed by atoms with Crippen LogP contribution in [-0.4, -0.2) is 104 Å². The number of fused-ring (bicyclic) bond motifs is 3. The minimum Gasteiger partial charge on any atom is -0.442 e. The van der Waals surface area contributed by atoms with E-state index in [0.717, 1.165) is 62.9 Å². The van der Waals surface area contributed by atoms with E-state index in [1.54, 1.807) is 4.52 Å². The van der Waals surface area contributed by atoms with Gasteiger partial charge in [-0.05, 0) is 44.4 Å². The third-order valence-electron chi connectivity index (χ3n) is 8.46. The number of likely N-dealkylation sites (tertiary alicyclic amines) is 1. The summed E-state index contributed by atoms with van der Waals surface area (Å²) in [4.78, 5) is 37.4. The lowest BCUT2D eigenvalue weighted by atomic mass is 9.98. The zero-order valence-corrected chi connectivity index (χ0v) is 23.5. The van der Waals surface area contributed by atoms with E-state index >= 15 is 0 Å². The number of alkyl halides is 2. The molecule has 6 heterocycles. The number of carbonyl (C=O) groups excluding carboxylic acids is 2. The van der Waals surface area contributed by atoms with Crippen LogP contribution in [0, 0.1) is 0 Å². The maximum atomic E-state index is 13.0. The Balaban J connectivity index is 1.13. The van der Waals surface area contributed by atoms with Gasteiger partial charge >= 0.3 is 6.09 Å². The average Bonchev–Trinajstić information content (AvgIpc) is 3.45. The highest BCUT2D eigenvalue weighted by Crippen LogP contribution is 2.38. The Labute approximate surface area is 236 Å². The summed E-state index contributed by atoms with van der Waals surface area (Å²) in [5.41, 5.74) is -0.225. The molecule has 4 fully saturated rings. The molecule has 4 saturated heterocycles. The second kappa shape index (κ2) is 11.2. The van der Waals surface area contributed by atoms with Crippen molar-refractivity contribution >= 4 is 41.1 Å². The van der Waals surface area contributed by atoms with Crippen molar-refractivity contribution in [2.24, 2.45) is 0 Å². The van der Waals surface area contributed by atoms with Gasteiger partial charge in [-0.25, -0.2) is 9.18 Å². The Morgan fingerprint density at radius 3 is 2.42 bits per heavy atom. The van der Waals surface area contributed by atoms with Crippen LogP contribution in [0.3, 0.4) is 0 Å². The van der Waals surface area contributed by atoms with Crippen molar-refractivity contribution in [3.63, 3.8) is 0 Å². The molecule has 40 heavy (non-hydrogen) atoms. The second-order valence-electron chi connectivity index (χ2n) is 11.5. The van der Waals surface area contributed by atoms with Crippen molar-refractivity contribution < 1.29 is 23.5 Å². The van der Waals surface area contributed by atoms with Gasteiger partial charge in [0.2, 0.25) is 11.9 Å². The van der Waals surface area contributed by atoms with E-state index in [0.29, 0.717) is 11.9 Å². The van der Waals surface area contributed by atoms with E-state index in [1.165, 1.54) is 4.90 Å². The number of anilines is 2. The van der Waals surface area contributed by atoms with Crippen molar-refractivity contribution in [3.05, 3.63) is 11.8 Å². The molecule has 14 heteroatoms. The Bertz CT molecular complexity index is 1230. The predicted molar refractivity (Wildman–Crippen MR) is 145 cm³/mol. The maximum absolute atomic E-state index is 13.0. The van der Waals surface area contributed by atoms with Gasteiger partial charge in [0.15, 0.2) is 5.65 Å². The molecule has 2 N–H and O–H groups in total. The molecule has 0 saturated carbocycles. The Morgan fingerprint density at radius 2 is 1.77 bits per heavy atom. The molecule has 0 aliphatic carbocycles. The SMILES string of the molecule is CC(C)c1cnn2c(NC3CC4CCC(C3)N4C(=O)OC3CN(C(=O)C(F)Cl)C3)nc(NC3CCOCC3)nc12. The number of carbonyl (C=O) groups is 2. The first-order valence-corrected chi connectivity index (χ1v) is 14.6. The second-order valence-corrected chi connectivity index (χ2v) is 11.9. The molecular weight excluding hydrogens is 543 g/mol. The third kappa shape index (κ3) is 5.37. The fourth-order valence-electron chi connectivity index (χ4n) is 6.29. The number of halogens is 2. The summed E-state index contributed by atoms with van der Waals surface area (Å²) in [5, 5.41) is 11.7. The van der Waals surface area contributed by atoms with Gasteiger partial charge in [-0.1, -0.05) is 25.4 Å². The van der Waals surface area contributed by atoms with Gasteiger partial charge in [0.1, 0.15) is 6.10 Å². The maximum Gasteiger partial charge on any atom is 0.410 e. The van der Waals surface area contributed by atoms with Crippen molar-refractivity contribution in [1.29, 1.82) is 0 Å². The van der Waals surface area contributed by atoms with Crippen molar-refractivity contribution in [3.8, 4) is 0 Å². The summed E-state index contributed by atoms with van der Waals surface area (Å²) in [7, 11) is 0. The minimum atomic E-state index is -2.07. The zero-order valence-electron chi connectivity index (χ0n) is 22.8. The van der Waals surface area contributed by atoms with Gasteiger partial charge in [0.25, 0.3) is 11.5 Å². The molecule has 218 valence electrons. The van der Waals surface area contributed by atoms with E-state index < -0.39 is 17.6 Å². The summed E-state index contributed by atoms with van der Waals surface area (Å²) in [6, 6.07) is 0.444. The monoisotopic (exact) mass is 578 g/mol. The molecule has 2 aromatic heterocycles. The van der Waals surface area contributed by atoms with E-state index in [2.05, 4.69) is 29.6 Å². The summed E-state index contributed by atoms with van der Waals surface area (Å²) in [5.74, 6) is 0.685. The number of hydrogen-bond acceptors (Lipinski definition) is 9. The first kappa shape index (κ1) is 27.3. The topological polar surface area (TPSA) is 126 Å². The van der Waals surface area contributed by atoms with Crippen molar-refractivity contribution in [2.45, 2.75) is 94.2 Å². The van der Waals surface area contributed by atoms with Gasteiger partial charge in [0, 0.05) is 42.9 Å². The largest absolute Gasteiger partial charge is 0.442 e. The van der Waals surface area contributed by atoms with E-state index in [1.807, 2.05) is 11.1 Å². The molecule has 12 nitrogen and oxygen atoms in total. The van der Waals surface area contributed by atoms with Gasteiger partial charge in [0.05, 0.1) is 19.3 Å². The molecule has 4 aliphatic heterocycles. The predicted octanol–water partition coefficient (Wildman–Crippen LogP) is 3.13. The molecule has 0 radical (unpaired) electrons. The molecule has 2 aromatic rings. The third-order valence-corrected chi connectivity index (χ3v) is 8.65. The van der Waals surface area contributed by atoms with Crippen molar-refractivity contribution in [2.75, 3.05) is 36.9 Å².